The lowest BCUT2D eigenvalue weighted by Crippen LogP contribution is -2.38. The summed E-state index contributed by atoms with van der Waals surface area (Å²) in [5.74, 6) is 0.479. The summed E-state index contributed by atoms with van der Waals surface area (Å²) in [6, 6.07) is 8.31. The van der Waals surface area contributed by atoms with Gasteiger partial charge in [-0.05, 0) is 63.5 Å². The fourth-order valence-electron chi connectivity index (χ4n) is 2.03. The van der Waals surface area contributed by atoms with E-state index in [0.29, 0.717) is 11.0 Å². The molecule has 0 unspecified atom stereocenters. The van der Waals surface area contributed by atoms with Crippen LogP contribution in [-0.2, 0) is 0 Å². The molecule has 3 N–H and O–H groups in total. The first-order chi connectivity index (χ1) is 9.79. The lowest BCUT2D eigenvalue weighted by Gasteiger charge is -2.20. The van der Waals surface area contributed by atoms with Crippen molar-refractivity contribution >= 4 is 23.0 Å². The Balaban J connectivity index is 2.35. The molecular formula is C17H29N3S. The zero-order valence-electron chi connectivity index (χ0n) is 13.9. The molecule has 0 aliphatic carbocycles. The maximum atomic E-state index is 5.36. The van der Waals surface area contributed by atoms with Crippen molar-refractivity contribution in [2.75, 3.05) is 18.4 Å². The maximum Gasteiger partial charge on any atom is 0.170 e. The lowest BCUT2D eigenvalue weighted by molar-refractivity contribution is 0.422. The number of hydrogen-bond donors (Lipinski definition) is 3. The van der Waals surface area contributed by atoms with Crippen molar-refractivity contribution in [2.24, 2.45) is 0 Å². The number of thiocarbonyl (C=S) groups is 1. The van der Waals surface area contributed by atoms with Gasteiger partial charge in [-0.2, -0.15) is 0 Å². The Labute approximate surface area is 134 Å². The molecule has 0 spiro atoms. The Bertz CT molecular complexity index is 450. The number of benzene rings is 1. The lowest BCUT2D eigenvalue weighted by atomic mass is 10.0. The largest absolute Gasteiger partial charge is 0.362 e. The minimum atomic E-state index is 0.176. The normalized spacial score (nSPS) is 11.5. The topological polar surface area (TPSA) is 36.1 Å². The molecule has 0 fully saturated rings. The number of para-hydroxylation sites is 1. The van der Waals surface area contributed by atoms with Gasteiger partial charge in [-0.25, -0.2) is 0 Å². The molecule has 21 heavy (non-hydrogen) atoms. The quantitative estimate of drug-likeness (QED) is 0.551. The monoisotopic (exact) mass is 307 g/mol. The molecular weight excluding hydrogens is 278 g/mol. The summed E-state index contributed by atoms with van der Waals surface area (Å²) in [6.45, 7) is 12.8. The van der Waals surface area contributed by atoms with E-state index in [0.717, 1.165) is 25.2 Å². The van der Waals surface area contributed by atoms with Gasteiger partial charge in [0, 0.05) is 17.8 Å². The van der Waals surface area contributed by atoms with E-state index in [-0.39, 0.29) is 5.54 Å². The van der Waals surface area contributed by atoms with Gasteiger partial charge in [0.2, 0.25) is 0 Å². The number of rotatable bonds is 6. The molecule has 1 aromatic carbocycles. The van der Waals surface area contributed by atoms with Gasteiger partial charge in [0.1, 0.15) is 0 Å². The first-order valence-electron chi connectivity index (χ1n) is 7.68. The highest BCUT2D eigenvalue weighted by Gasteiger charge is 2.08. The molecule has 4 heteroatoms. The van der Waals surface area contributed by atoms with Crippen LogP contribution in [0.2, 0.25) is 0 Å². The number of anilines is 1. The average Bonchev–Trinajstić information content (AvgIpc) is 2.37. The molecule has 1 rings (SSSR count). The van der Waals surface area contributed by atoms with E-state index in [1.807, 2.05) is 6.07 Å². The Morgan fingerprint density at radius 1 is 1.14 bits per heavy atom. The van der Waals surface area contributed by atoms with Crippen molar-refractivity contribution in [3.63, 3.8) is 0 Å². The number of nitrogens with one attached hydrogen (secondary N) is 3. The predicted octanol–water partition coefficient (Wildman–Crippen LogP) is 3.87. The van der Waals surface area contributed by atoms with Crippen LogP contribution in [-0.4, -0.2) is 23.7 Å². The summed E-state index contributed by atoms with van der Waals surface area (Å²) >= 11 is 5.36. The van der Waals surface area contributed by atoms with E-state index in [4.69, 9.17) is 12.2 Å². The van der Waals surface area contributed by atoms with Crippen molar-refractivity contribution in [3.8, 4) is 0 Å². The summed E-state index contributed by atoms with van der Waals surface area (Å²) in [4.78, 5) is 0. The highest BCUT2D eigenvalue weighted by molar-refractivity contribution is 7.80. The van der Waals surface area contributed by atoms with Crippen molar-refractivity contribution in [1.29, 1.82) is 0 Å². The predicted molar refractivity (Wildman–Crippen MR) is 97.1 cm³/mol. The van der Waals surface area contributed by atoms with Crippen LogP contribution in [0.15, 0.2) is 24.3 Å². The SMILES string of the molecule is CC(C)c1ccccc1NC(=S)NCCCNC(C)(C)C. The standard InChI is InChI=1S/C17H29N3S/c1-13(2)14-9-6-7-10-15(14)20-16(21)18-11-8-12-19-17(3,4)5/h6-7,9-10,13,19H,8,11-12H2,1-5H3,(H2,18,20,21). The fraction of sp³-hybridized carbons (Fsp3) is 0.588. The molecule has 0 saturated heterocycles. The van der Waals surface area contributed by atoms with Gasteiger partial charge in [0.25, 0.3) is 0 Å². The van der Waals surface area contributed by atoms with Crippen LogP contribution in [0.1, 0.15) is 52.5 Å². The minimum absolute atomic E-state index is 0.176. The Hall–Kier alpha value is -1.13. The molecule has 0 atom stereocenters. The Morgan fingerprint density at radius 2 is 1.81 bits per heavy atom. The molecule has 3 nitrogen and oxygen atoms in total. The van der Waals surface area contributed by atoms with Gasteiger partial charge in [0.15, 0.2) is 5.11 Å². The molecule has 0 aromatic heterocycles. The van der Waals surface area contributed by atoms with Crippen molar-refractivity contribution in [1.82, 2.24) is 10.6 Å². The molecule has 0 saturated carbocycles. The summed E-state index contributed by atoms with van der Waals surface area (Å²) in [7, 11) is 0. The first kappa shape index (κ1) is 17.9. The average molecular weight is 308 g/mol. The second-order valence-electron chi connectivity index (χ2n) is 6.65. The van der Waals surface area contributed by atoms with Crippen molar-refractivity contribution in [2.45, 2.75) is 52.5 Å². The van der Waals surface area contributed by atoms with Crippen LogP contribution in [0.5, 0.6) is 0 Å². The summed E-state index contributed by atoms with van der Waals surface area (Å²) < 4.78 is 0. The van der Waals surface area contributed by atoms with Crippen molar-refractivity contribution < 1.29 is 0 Å². The van der Waals surface area contributed by atoms with E-state index < -0.39 is 0 Å². The third-order valence-corrected chi connectivity index (χ3v) is 3.37. The van der Waals surface area contributed by atoms with E-state index in [2.05, 4.69) is 68.8 Å². The summed E-state index contributed by atoms with van der Waals surface area (Å²) in [5, 5.41) is 10.7. The van der Waals surface area contributed by atoms with Gasteiger partial charge in [0.05, 0.1) is 0 Å². The fourth-order valence-corrected chi connectivity index (χ4v) is 2.25. The molecule has 1 aromatic rings. The highest BCUT2D eigenvalue weighted by atomic mass is 32.1. The summed E-state index contributed by atoms with van der Waals surface area (Å²) in [6.07, 6.45) is 1.05. The van der Waals surface area contributed by atoms with Crippen LogP contribution in [0, 0.1) is 0 Å². The van der Waals surface area contributed by atoms with Gasteiger partial charge in [-0.3, -0.25) is 0 Å². The van der Waals surface area contributed by atoms with Gasteiger partial charge in [-0.15, -0.1) is 0 Å². The van der Waals surface area contributed by atoms with E-state index >= 15 is 0 Å². The maximum absolute atomic E-state index is 5.36. The molecule has 0 aliphatic rings. The first-order valence-corrected chi connectivity index (χ1v) is 8.09. The zero-order valence-corrected chi connectivity index (χ0v) is 14.7. The second kappa shape index (κ2) is 8.35. The number of hydrogen-bond acceptors (Lipinski definition) is 2. The molecule has 0 aliphatic heterocycles. The van der Waals surface area contributed by atoms with Crippen LogP contribution in [0.3, 0.4) is 0 Å². The van der Waals surface area contributed by atoms with Crippen LogP contribution in [0.25, 0.3) is 0 Å². The highest BCUT2D eigenvalue weighted by Crippen LogP contribution is 2.23. The van der Waals surface area contributed by atoms with Gasteiger partial charge >= 0.3 is 0 Å². The zero-order chi connectivity index (χ0) is 15.9. The second-order valence-corrected chi connectivity index (χ2v) is 7.06. The minimum Gasteiger partial charge on any atom is -0.362 e. The molecule has 0 amide bonds. The van der Waals surface area contributed by atoms with Crippen LogP contribution in [0.4, 0.5) is 5.69 Å². The smallest absolute Gasteiger partial charge is 0.170 e. The van der Waals surface area contributed by atoms with E-state index in [1.165, 1.54) is 5.56 Å². The third kappa shape index (κ3) is 7.44. The third-order valence-electron chi connectivity index (χ3n) is 3.13. The van der Waals surface area contributed by atoms with Crippen molar-refractivity contribution in [3.05, 3.63) is 29.8 Å². The molecule has 0 bridgehead atoms. The van der Waals surface area contributed by atoms with Crippen LogP contribution < -0.4 is 16.0 Å². The van der Waals surface area contributed by atoms with E-state index in [9.17, 15) is 0 Å². The molecule has 0 heterocycles. The Kier molecular flexibility index (Phi) is 7.12. The summed E-state index contributed by atoms with van der Waals surface area (Å²) in [5.41, 5.74) is 2.56. The van der Waals surface area contributed by atoms with E-state index in [1.54, 1.807) is 0 Å². The van der Waals surface area contributed by atoms with Gasteiger partial charge < -0.3 is 16.0 Å². The Morgan fingerprint density at radius 3 is 2.43 bits per heavy atom. The van der Waals surface area contributed by atoms with Gasteiger partial charge in [-0.1, -0.05) is 32.0 Å². The molecule has 0 radical (unpaired) electrons. The molecule has 118 valence electrons. The van der Waals surface area contributed by atoms with Crippen LogP contribution >= 0.6 is 12.2 Å².